The SMILES string of the molecule is CN(Cc1ccc(Cl)cc1)S(=O)(=O)c1cn(S(=O)(=O)N(C)C)cn1. The number of benzene rings is 1. The average molecular weight is 393 g/mol. The topological polar surface area (TPSA) is 92.6 Å². The Kier molecular flexibility index (Phi) is 5.35. The van der Waals surface area contributed by atoms with Crippen LogP contribution in [-0.4, -0.2) is 55.5 Å². The number of nitrogens with zero attached hydrogens (tertiary/aromatic N) is 4. The van der Waals surface area contributed by atoms with Crippen LogP contribution in [0.15, 0.2) is 41.8 Å². The van der Waals surface area contributed by atoms with Crippen LogP contribution in [0.2, 0.25) is 5.02 Å². The summed E-state index contributed by atoms with van der Waals surface area (Å²) in [5, 5.41) is 0.210. The van der Waals surface area contributed by atoms with E-state index in [0.717, 1.165) is 30.7 Å². The standard InChI is InChI=1S/C13H17ClN4O4S2/c1-16(2)24(21,22)18-9-13(15-10-18)23(19,20)17(3)8-11-4-6-12(14)7-5-11/h4-7,9-10H,8H2,1-3H3. The molecule has 0 amide bonds. The zero-order chi connectivity index (χ0) is 18.1. The van der Waals surface area contributed by atoms with Gasteiger partial charge in [-0.2, -0.15) is 17.0 Å². The summed E-state index contributed by atoms with van der Waals surface area (Å²) in [6, 6.07) is 6.75. The van der Waals surface area contributed by atoms with Crippen molar-refractivity contribution in [3.63, 3.8) is 0 Å². The van der Waals surface area contributed by atoms with Gasteiger partial charge in [-0.15, -0.1) is 0 Å². The van der Waals surface area contributed by atoms with E-state index in [1.807, 2.05) is 0 Å². The Morgan fingerprint density at radius 2 is 1.67 bits per heavy atom. The van der Waals surface area contributed by atoms with E-state index in [0.29, 0.717) is 5.02 Å². The Hall–Kier alpha value is -1.46. The van der Waals surface area contributed by atoms with Crippen molar-refractivity contribution in [2.24, 2.45) is 0 Å². The fraction of sp³-hybridized carbons (Fsp3) is 0.308. The Labute approximate surface area is 146 Å². The summed E-state index contributed by atoms with van der Waals surface area (Å²) >= 11 is 5.80. The zero-order valence-electron chi connectivity index (χ0n) is 13.3. The van der Waals surface area contributed by atoms with Gasteiger partial charge in [0.25, 0.3) is 10.0 Å². The van der Waals surface area contributed by atoms with Gasteiger partial charge in [-0.1, -0.05) is 23.7 Å². The molecule has 2 rings (SSSR count). The lowest BCUT2D eigenvalue weighted by Crippen LogP contribution is -2.28. The van der Waals surface area contributed by atoms with Crippen molar-refractivity contribution in [3.05, 3.63) is 47.4 Å². The molecule has 1 aromatic heterocycles. The average Bonchev–Trinajstić information content (AvgIpc) is 3.00. The van der Waals surface area contributed by atoms with Gasteiger partial charge in [-0.25, -0.2) is 17.4 Å². The first kappa shape index (κ1) is 18.9. The number of hydrogen-bond acceptors (Lipinski definition) is 5. The molecule has 0 fully saturated rings. The maximum absolute atomic E-state index is 12.5. The van der Waals surface area contributed by atoms with Gasteiger partial charge < -0.3 is 0 Å². The molecule has 132 valence electrons. The van der Waals surface area contributed by atoms with Crippen LogP contribution in [0.5, 0.6) is 0 Å². The summed E-state index contributed by atoms with van der Waals surface area (Å²) in [5.41, 5.74) is 0.742. The molecule has 0 spiro atoms. The molecule has 0 atom stereocenters. The van der Waals surface area contributed by atoms with E-state index in [9.17, 15) is 16.8 Å². The highest BCUT2D eigenvalue weighted by Crippen LogP contribution is 2.17. The normalized spacial score (nSPS) is 12.9. The lowest BCUT2D eigenvalue weighted by Gasteiger charge is -2.15. The molecule has 0 aliphatic carbocycles. The summed E-state index contributed by atoms with van der Waals surface area (Å²) < 4.78 is 51.9. The first-order chi connectivity index (χ1) is 11.0. The minimum atomic E-state index is -3.93. The van der Waals surface area contributed by atoms with E-state index < -0.39 is 20.2 Å². The van der Waals surface area contributed by atoms with Crippen LogP contribution in [0.1, 0.15) is 5.56 Å². The Balaban J connectivity index is 2.27. The minimum Gasteiger partial charge on any atom is -0.223 e. The number of imidazole rings is 1. The third-order valence-corrected chi connectivity index (χ3v) is 6.85. The molecule has 24 heavy (non-hydrogen) atoms. The number of aromatic nitrogens is 2. The molecule has 0 saturated carbocycles. The van der Waals surface area contributed by atoms with Crippen LogP contribution in [0, 0.1) is 0 Å². The number of halogens is 1. The maximum atomic E-state index is 12.5. The van der Waals surface area contributed by atoms with Gasteiger partial charge in [0.15, 0.2) is 5.03 Å². The largest absolute Gasteiger partial charge is 0.308 e. The van der Waals surface area contributed by atoms with Gasteiger partial charge >= 0.3 is 10.2 Å². The predicted octanol–water partition coefficient (Wildman–Crippen LogP) is 1.01. The van der Waals surface area contributed by atoms with E-state index in [4.69, 9.17) is 11.6 Å². The van der Waals surface area contributed by atoms with Crippen molar-refractivity contribution in [3.8, 4) is 0 Å². The monoisotopic (exact) mass is 392 g/mol. The van der Waals surface area contributed by atoms with Crippen molar-refractivity contribution >= 4 is 31.8 Å². The smallest absolute Gasteiger partial charge is 0.223 e. The molecule has 0 aliphatic rings. The highest BCUT2D eigenvalue weighted by atomic mass is 35.5. The lowest BCUT2D eigenvalue weighted by atomic mass is 10.2. The highest BCUT2D eigenvalue weighted by molar-refractivity contribution is 7.89. The van der Waals surface area contributed by atoms with E-state index in [1.165, 1.54) is 21.1 Å². The fourth-order valence-corrected chi connectivity index (χ4v) is 3.86. The van der Waals surface area contributed by atoms with Crippen molar-refractivity contribution in [2.45, 2.75) is 11.6 Å². The number of hydrogen-bond donors (Lipinski definition) is 0. The van der Waals surface area contributed by atoms with Crippen molar-refractivity contribution < 1.29 is 16.8 Å². The molecule has 0 bridgehead atoms. The summed E-state index contributed by atoms with van der Waals surface area (Å²) in [5.74, 6) is 0. The number of sulfonamides is 1. The molecule has 0 radical (unpaired) electrons. The molecule has 0 unspecified atom stereocenters. The molecular formula is C13H17ClN4O4S2. The van der Waals surface area contributed by atoms with Gasteiger partial charge in [0.05, 0.1) is 6.20 Å². The molecule has 0 N–H and O–H groups in total. The summed E-state index contributed by atoms with van der Waals surface area (Å²) in [7, 11) is -3.66. The van der Waals surface area contributed by atoms with E-state index in [-0.39, 0.29) is 11.6 Å². The second-order valence-corrected chi connectivity index (χ2v) is 9.70. The minimum absolute atomic E-state index is 0.104. The third kappa shape index (κ3) is 3.78. The summed E-state index contributed by atoms with van der Waals surface area (Å²) in [6.45, 7) is 0.104. The predicted molar refractivity (Wildman–Crippen MR) is 90.3 cm³/mol. The van der Waals surface area contributed by atoms with Crippen LogP contribution < -0.4 is 0 Å². The molecule has 1 aromatic carbocycles. The zero-order valence-corrected chi connectivity index (χ0v) is 15.7. The maximum Gasteiger partial charge on any atom is 0.308 e. The summed E-state index contributed by atoms with van der Waals surface area (Å²) in [4.78, 5) is 3.72. The Morgan fingerprint density at radius 1 is 1.08 bits per heavy atom. The third-order valence-electron chi connectivity index (χ3n) is 3.26. The Morgan fingerprint density at radius 3 is 2.21 bits per heavy atom. The first-order valence-corrected chi connectivity index (χ1v) is 9.94. The van der Waals surface area contributed by atoms with E-state index in [2.05, 4.69) is 4.98 Å². The molecule has 0 saturated heterocycles. The molecule has 1 heterocycles. The van der Waals surface area contributed by atoms with Crippen LogP contribution in [0.25, 0.3) is 0 Å². The molecule has 2 aromatic rings. The van der Waals surface area contributed by atoms with Crippen LogP contribution in [-0.2, 0) is 26.8 Å². The first-order valence-electron chi connectivity index (χ1n) is 6.73. The highest BCUT2D eigenvalue weighted by Gasteiger charge is 2.26. The molecule has 11 heteroatoms. The van der Waals surface area contributed by atoms with Crippen molar-refractivity contribution in [1.82, 2.24) is 17.6 Å². The van der Waals surface area contributed by atoms with Gasteiger partial charge in [-0.3, -0.25) is 0 Å². The molecule has 8 nitrogen and oxygen atoms in total. The molecular weight excluding hydrogens is 376 g/mol. The van der Waals surface area contributed by atoms with Gasteiger partial charge in [0.1, 0.15) is 6.33 Å². The second-order valence-electron chi connectivity index (χ2n) is 5.22. The second kappa shape index (κ2) is 6.81. The fourth-order valence-electron chi connectivity index (χ4n) is 1.83. The van der Waals surface area contributed by atoms with E-state index in [1.54, 1.807) is 24.3 Å². The lowest BCUT2D eigenvalue weighted by molar-refractivity contribution is 0.464. The van der Waals surface area contributed by atoms with Crippen molar-refractivity contribution in [1.29, 1.82) is 0 Å². The molecule has 0 aliphatic heterocycles. The Bertz CT molecular complexity index is 921. The van der Waals surface area contributed by atoms with E-state index >= 15 is 0 Å². The van der Waals surface area contributed by atoms with Crippen LogP contribution in [0.3, 0.4) is 0 Å². The van der Waals surface area contributed by atoms with Crippen LogP contribution >= 0.6 is 11.6 Å². The quantitative estimate of drug-likeness (QED) is 0.731. The van der Waals surface area contributed by atoms with Gasteiger partial charge in [0.2, 0.25) is 0 Å². The van der Waals surface area contributed by atoms with Crippen molar-refractivity contribution in [2.75, 3.05) is 21.1 Å². The summed E-state index contributed by atoms with van der Waals surface area (Å²) in [6.07, 6.45) is 1.93. The van der Waals surface area contributed by atoms with Gasteiger partial charge in [0, 0.05) is 32.7 Å². The van der Waals surface area contributed by atoms with Crippen LogP contribution in [0.4, 0.5) is 0 Å². The van der Waals surface area contributed by atoms with Gasteiger partial charge in [-0.05, 0) is 17.7 Å². The number of rotatable bonds is 6.